The fraction of sp³-hybridized carbons (Fsp3) is 0.643. The molecule has 1 aromatic rings. The molecule has 2 N–H and O–H groups in total. The first kappa shape index (κ1) is 30.9. The molecular weight excluding hydrogens is 579 g/mol. The predicted octanol–water partition coefficient (Wildman–Crippen LogP) is 3.90. The molecule has 220 valence electrons. The zero-order valence-electron chi connectivity index (χ0n) is 23.3. The zero-order chi connectivity index (χ0) is 29.5. The average molecular weight is 616 g/mol. The Kier molecular flexibility index (Phi) is 9.00. The molecule has 3 fully saturated rings. The second kappa shape index (κ2) is 11.7. The van der Waals surface area contributed by atoms with Gasteiger partial charge in [0, 0.05) is 53.8 Å². The molecule has 1 spiro atoms. The quantitative estimate of drug-likeness (QED) is 0.500. The lowest BCUT2D eigenvalue weighted by Crippen LogP contribution is -2.72. The van der Waals surface area contributed by atoms with Crippen LogP contribution in [0.25, 0.3) is 0 Å². The minimum Gasteiger partial charge on any atom is -0.378 e. The molecule has 4 aliphatic heterocycles. The van der Waals surface area contributed by atoms with Gasteiger partial charge in [-0.3, -0.25) is 19.2 Å². The standard InChI is InChI=1S/C27H35ClN4O5.CH2Cl2/c1-25(2,3)30-21(33)14-16-13-19(24(36)31-9-11-37-12-10-31)26(4)27(7-8-32(26)23(16)35)22(34)18-15-17(28)5-6-20(18)29-27;2-1-3/h5-6,15-16,19,29H,7-14H2,1-4H3,(H,30,33);1H2/t16-,19-,26+,27+;/m0./s1. The summed E-state index contributed by atoms with van der Waals surface area (Å²) in [6.07, 6.45) is 0.571. The van der Waals surface area contributed by atoms with Gasteiger partial charge < -0.3 is 25.2 Å². The summed E-state index contributed by atoms with van der Waals surface area (Å²) in [6, 6.07) is 5.15. The van der Waals surface area contributed by atoms with E-state index in [1.165, 1.54) is 0 Å². The lowest BCUT2D eigenvalue weighted by atomic mass is 9.63. The van der Waals surface area contributed by atoms with E-state index in [1.54, 1.807) is 28.0 Å². The van der Waals surface area contributed by atoms with E-state index < -0.39 is 28.5 Å². The van der Waals surface area contributed by atoms with Gasteiger partial charge >= 0.3 is 0 Å². The molecule has 40 heavy (non-hydrogen) atoms. The highest BCUT2D eigenvalue weighted by atomic mass is 35.5. The van der Waals surface area contributed by atoms with Crippen molar-refractivity contribution in [2.45, 2.75) is 63.6 Å². The van der Waals surface area contributed by atoms with Crippen molar-refractivity contribution in [3.8, 4) is 0 Å². The number of carbonyl (C=O) groups excluding carboxylic acids is 4. The van der Waals surface area contributed by atoms with Crippen LogP contribution < -0.4 is 10.6 Å². The molecule has 3 saturated heterocycles. The van der Waals surface area contributed by atoms with Crippen LogP contribution in [-0.2, 0) is 19.1 Å². The minimum absolute atomic E-state index is 0.000215. The Hall–Kier alpha value is -2.07. The molecule has 5 rings (SSSR count). The second-order valence-corrected chi connectivity index (χ2v) is 13.2. The maximum atomic E-state index is 14.1. The molecule has 9 nitrogen and oxygen atoms in total. The van der Waals surface area contributed by atoms with E-state index in [9.17, 15) is 19.2 Å². The van der Waals surface area contributed by atoms with Gasteiger partial charge in [-0.05, 0) is 58.7 Å². The molecule has 4 heterocycles. The number of alkyl halides is 2. The number of anilines is 1. The van der Waals surface area contributed by atoms with Crippen molar-refractivity contribution in [3.63, 3.8) is 0 Å². The highest BCUT2D eigenvalue weighted by Gasteiger charge is 2.71. The molecule has 0 bridgehead atoms. The fourth-order valence-electron chi connectivity index (χ4n) is 6.73. The van der Waals surface area contributed by atoms with Crippen LogP contribution in [0.1, 0.15) is 57.3 Å². The van der Waals surface area contributed by atoms with E-state index in [0.29, 0.717) is 55.5 Å². The van der Waals surface area contributed by atoms with Crippen LogP contribution in [-0.4, -0.2) is 88.1 Å². The van der Waals surface area contributed by atoms with Gasteiger partial charge in [0.2, 0.25) is 17.7 Å². The molecule has 0 aromatic heterocycles. The maximum Gasteiger partial charge on any atom is 0.228 e. The Balaban J connectivity index is 0.00000118. The van der Waals surface area contributed by atoms with Gasteiger partial charge in [0.15, 0.2) is 5.78 Å². The van der Waals surface area contributed by atoms with Crippen LogP contribution in [0.3, 0.4) is 0 Å². The summed E-state index contributed by atoms with van der Waals surface area (Å²) >= 11 is 15.7. The first-order chi connectivity index (χ1) is 18.8. The van der Waals surface area contributed by atoms with Crippen LogP contribution in [0.15, 0.2) is 18.2 Å². The van der Waals surface area contributed by atoms with Crippen molar-refractivity contribution in [2.24, 2.45) is 11.8 Å². The maximum absolute atomic E-state index is 14.1. The number of Topliss-reactive ketones (excluding diaryl/α,β-unsaturated/α-hetero) is 1. The van der Waals surface area contributed by atoms with Gasteiger partial charge in [-0.25, -0.2) is 0 Å². The third-order valence-electron chi connectivity index (χ3n) is 8.48. The normalized spacial score (nSPS) is 29.4. The van der Waals surface area contributed by atoms with Crippen molar-refractivity contribution < 1.29 is 23.9 Å². The van der Waals surface area contributed by atoms with E-state index in [4.69, 9.17) is 39.5 Å². The number of amides is 3. The molecule has 12 heteroatoms. The number of rotatable bonds is 3. The zero-order valence-corrected chi connectivity index (χ0v) is 25.6. The molecule has 4 aliphatic rings. The van der Waals surface area contributed by atoms with Gasteiger partial charge in [0.05, 0.1) is 30.0 Å². The largest absolute Gasteiger partial charge is 0.378 e. The Morgan fingerprint density at radius 3 is 2.42 bits per heavy atom. The van der Waals surface area contributed by atoms with Gasteiger partial charge in [-0.1, -0.05) is 11.6 Å². The number of morpholine rings is 1. The molecule has 0 saturated carbocycles. The van der Waals surface area contributed by atoms with Crippen molar-refractivity contribution in [3.05, 3.63) is 28.8 Å². The monoisotopic (exact) mass is 614 g/mol. The molecular formula is C28H37Cl3N4O5. The second-order valence-electron chi connectivity index (χ2n) is 12.0. The summed E-state index contributed by atoms with van der Waals surface area (Å²) in [5.74, 6) is -1.97. The Bertz CT molecular complexity index is 1180. The first-order valence-electron chi connectivity index (χ1n) is 13.5. The summed E-state index contributed by atoms with van der Waals surface area (Å²) in [7, 11) is 0. The van der Waals surface area contributed by atoms with Crippen molar-refractivity contribution in [2.75, 3.05) is 43.5 Å². The number of piperidine rings is 1. The van der Waals surface area contributed by atoms with Crippen LogP contribution in [0.4, 0.5) is 5.69 Å². The first-order valence-corrected chi connectivity index (χ1v) is 15.0. The summed E-state index contributed by atoms with van der Waals surface area (Å²) < 4.78 is 5.46. The number of carbonyl (C=O) groups is 4. The number of fused-ring (bicyclic) bond motifs is 3. The van der Waals surface area contributed by atoms with Crippen LogP contribution in [0.5, 0.6) is 0 Å². The fourth-order valence-corrected chi connectivity index (χ4v) is 6.90. The average Bonchev–Trinajstić information content (AvgIpc) is 3.35. The van der Waals surface area contributed by atoms with Crippen LogP contribution in [0.2, 0.25) is 5.02 Å². The Morgan fingerprint density at radius 1 is 1.15 bits per heavy atom. The highest BCUT2D eigenvalue weighted by Crippen LogP contribution is 2.55. The lowest BCUT2D eigenvalue weighted by molar-refractivity contribution is -0.161. The Morgan fingerprint density at radius 2 is 1.80 bits per heavy atom. The summed E-state index contributed by atoms with van der Waals surface area (Å²) in [6.45, 7) is 9.66. The number of benzene rings is 1. The predicted molar refractivity (Wildman–Crippen MR) is 155 cm³/mol. The number of ketones is 1. The third kappa shape index (κ3) is 5.42. The molecule has 3 amide bonds. The van der Waals surface area contributed by atoms with E-state index >= 15 is 0 Å². The number of ether oxygens (including phenoxy) is 1. The number of nitrogens with one attached hydrogen (secondary N) is 2. The van der Waals surface area contributed by atoms with E-state index in [-0.39, 0.29) is 41.7 Å². The molecule has 0 unspecified atom stereocenters. The van der Waals surface area contributed by atoms with E-state index in [1.807, 2.05) is 27.7 Å². The van der Waals surface area contributed by atoms with Crippen LogP contribution >= 0.6 is 34.8 Å². The van der Waals surface area contributed by atoms with E-state index in [2.05, 4.69) is 10.6 Å². The van der Waals surface area contributed by atoms with Crippen molar-refractivity contribution in [1.82, 2.24) is 15.1 Å². The molecule has 0 radical (unpaired) electrons. The van der Waals surface area contributed by atoms with Crippen molar-refractivity contribution >= 4 is 64.0 Å². The minimum atomic E-state index is -1.15. The summed E-state index contributed by atoms with van der Waals surface area (Å²) in [5.41, 5.74) is -1.56. The SMILES string of the molecule is CC(C)(C)NC(=O)C[C@@H]1C[C@@H](C(=O)N2CCOCC2)[C@@]2(C)N(CC[C@]23Nc2ccc(Cl)cc2C3=O)C1=O.ClCCl. The van der Waals surface area contributed by atoms with E-state index in [0.717, 1.165) is 0 Å². The third-order valence-corrected chi connectivity index (χ3v) is 8.71. The topological polar surface area (TPSA) is 108 Å². The summed E-state index contributed by atoms with van der Waals surface area (Å²) in [4.78, 5) is 58.3. The van der Waals surface area contributed by atoms with Gasteiger partial charge in [-0.2, -0.15) is 0 Å². The molecule has 0 aliphatic carbocycles. The van der Waals surface area contributed by atoms with Crippen molar-refractivity contribution in [1.29, 1.82) is 0 Å². The van der Waals surface area contributed by atoms with Gasteiger partial charge in [-0.15, -0.1) is 23.2 Å². The molecule has 4 atom stereocenters. The number of halogens is 3. The lowest BCUT2D eigenvalue weighted by Gasteiger charge is -2.54. The highest BCUT2D eigenvalue weighted by molar-refractivity contribution is 6.40. The number of hydrogen-bond donors (Lipinski definition) is 2. The summed E-state index contributed by atoms with van der Waals surface area (Å²) in [5, 5.41) is 7.03. The van der Waals surface area contributed by atoms with Gasteiger partial charge in [0.1, 0.15) is 5.54 Å². The molecule has 1 aromatic carbocycles. The Labute approximate surface area is 250 Å². The van der Waals surface area contributed by atoms with Gasteiger partial charge in [0.25, 0.3) is 0 Å². The smallest absolute Gasteiger partial charge is 0.228 e. The number of nitrogens with zero attached hydrogens (tertiary/aromatic N) is 2. The number of hydrogen-bond acceptors (Lipinski definition) is 6. The van der Waals surface area contributed by atoms with Crippen LogP contribution in [0, 0.1) is 11.8 Å².